The first-order valence-electron chi connectivity index (χ1n) is 9.08. The first-order valence-corrected chi connectivity index (χ1v) is 9.08. The Labute approximate surface area is 140 Å². The molecule has 0 bridgehead atoms. The van der Waals surface area contributed by atoms with Gasteiger partial charge in [-0.3, -0.25) is 9.69 Å². The fourth-order valence-corrected chi connectivity index (χ4v) is 3.58. The molecule has 0 saturated carbocycles. The van der Waals surface area contributed by atoms with E-state index in [1.54, 1.807) is 0 Å². The van der Waals surface area contributed by atoms with Gasteiger partial charge in [-0.25, -0.2) is 0 Å². The molecule has 2 aliphatic rings. The van der Waals surface area contributed by atoms with Crippen molar-refractivity contribution >= 4 is 5.91 Å². The van der Waals surface area contributed by atoms with Gasteiger partial charge in [-0.05, 0) is 37.8 Å². The molecule has 1 aromatic rings. The number of amides is 1. The van der Waals surface area contributed by atoms with Gasteiger partial charge in [-0.15, -0.1) is 0 Å². The number of aryl methyl sites for hydroxylation is 1. The van der Waals surface area contributed by atoms with Gasteiger partial charge in [0.2, 0.25) is 5.91 Å². The molecule has 2 fully saturated rings. The second-order valence-corrected chi connectivity index (χ2v) is 6.79. The Bertz CT molecular complexity index is 477. The Morgan fingerprint density at radius 1 is 0.870 bits per heavy atom. The van der Waals surface area contributed by atoms with Crippen LogP contribution in [-0.4, -0.2) is 73.0 Å². The van der Waals surface area contributed by atoms with Crippen LogP contribution < -0.4 is 0 Å². The maximum Gasteiger partial charge on any atom is 0.236 e. The molecule has 0 unspecified atom stereocenters. The predicted molar refractivity (Wildman–Crippen MR) is 93.5 cm³/mol. The highest BCUT2D eigenvalue weighted by molar-refractivity contribution is 5.78. The van der Waals surface area contributed by atoms with Crippen molar-refractivity contribution in [2.24, 2.45) is 0 Å². The molecule has 0 radical (unpaired) electrons. The summed E-state index contributed by atoms with van der Waals surface area (Å²) in [6.07, 6.45) is 4.74. The van der Waals surface area contributed by atoms with Gasteiger partial charge in [0.25, 0.3) is 0 Å². The predicted octanol–water partition coefficient (Wildman–Crippen LogP) is 1.86. The molecule has 1 aromatic carbocycles. The Kier molecular flexibility index (Phi) is 6.06. The number of piperazine rings is 1. The molecule has 0 N–H and O–H groups in total. The van der Waals surface area contributed by atoms with Crippen LogP contribution in [-0.2, 0) is 11.2 Å². The number of likely N-dealkylation sites (tertiary alicyclic amines) is 1. The molecule has 126 valence electrons. The van der Waals surface area contributed by atoms with Crippen LogP contribution in [0.1, 0.15) is 24.8 Å². The average molecular weight is 315 g/mol. The molecule has 0 spiro atoms. The van der Waals surface area contributed by atoms with Crippen molar-refractivity contribution in [1.29, 1.82) is 0 Å². The van der Waals surface area contributed by atoms with Crippen LogP contribution in [0, 0.1) is 0 Å². The number of hydrogen-bond donors (Lipinski definition) is 0. The monoisotopic (exact) mass is 315 g/mol. The lowest BCUT2D eigenvalue weighted by atomic mass is 10.1. The van der Waals surface area contributed by atoms with E-state index in [2.05, 4.69) is 40.1 Å². The zero-order valence-corrected chi connectivity index (χ0v) is 14.1. The first kappa shape index (κ1) is 16.5. The summed E-state index contributed by atoms with van der Waals surface area (Å²) in [5, 5.41) is 0. The lowest BCUT2D eigenvalue weighted by molar-refractivity contribution is -0.131. The maximum atomic E-state index is 12.2. The van der Waals surface area contributed by atoms with E-state index in [0.717, 1.165) is 45.7 Å². The van der Waals surface area contributed by atoms with Crippen LogP contribution in [0.2, 0.25) is 0 Å². The van der Waals surface area contributed by atoms with E-state index in [1.807, 2.05) is 4.90 Å². The van der Waals surface area contributed by atoms with Crippen LogP contribution in [0.25, 0.3) is 0 Å². The standard InChI is InChI=1S/C19H29N3O/c23-19(22-11-4-5-12-22)17-21-15-13-20(14-16-21)10-6-9-18-7-2-1-3-8-18/h1-3,7-8H,4-6,9-17H2. The largest absolute Gasteiger partial charge is 0.342 e. The third kappa shape index (κ3) is 5.05. The van der Waals surface area contributed by atoms with Crippen molar-refractivity contribution in [1.82, 2.24) is 14.7 Å². The molecule has 4 heteroatoms. The van der Waals surface area contributed by atoms with E-state index in [9.17, 15) is 4.79 Å². The Morgan fingerprint density at radius 3 is 2.22 bits per heavy atom. The number of rotatable bonds is 6. The summed E-state index contributed by atoms with van der Waals surface area (Å²) in [6, 6.07) is 10.7. The topological polar surface area (TPSA) is 26.8 Å². The summed E-state index contributed by atoms with van der Waals surface area (Å²) in [7, 11) is 0. The van der Waals surface area contributed by atoms with E-state index in [0.29, 0.717) is 12.5 Å². The number of carbonyl (C=O) groups excluding carboxylic acids is 1. The maximum absolute atomic E-state index is 12.2. The smallest absolute Gasteiger partial charge is 0.236 e. The lowest BCUT2D eigenvalue weighted by Crippen LogP contribution is -2.49. The fourth-order valence-electron chi connectivity index (χ4n) is 3.58. The molecule has 0 aromatic heterocycles. The van der Waals surface area contributed by atoms with Crippen LogP contribution in [0.5, 0.6) is 0 Å². The van der Waals surface area contributed by atoms with Gasteiger partial charge in [0.1, 0.15) is 0 Å². The van der Waals surface area contributed by atoms with Crippen LogP contribution in [0.4, 0.5) is 0 Å². The summed E-state index contributed by atoms with van der Waals surface area (Å²) in [5.41, 5.74) is 1.43. The van der Waals surface area contributed by atoms with Crippen molar-refractivity contribution in [3.8, 4) is 0 Å². The van der Waals surface area contributed by atoms with Crippen molar-refractivity contribution in [3.05, 3.63) is 35.9 Å². The highest BCUT2D eigenvalue weighted by atomic mass is 16.2. The summed E-state index contributed by atoms with van der Waals surface area (Å²) in [5.74, 6) is 0.333. The lowest BCUT2D eigenvalue weighted by Gasteiger charge is -2.35. The van der Waals surface area contributed by atoms with E-state index in [4.69, 9.17) is 0 Å². The molecule has 2 heterocycles. The molecule has 23 heavy (non-hydrogen) atoms. The zero-order chi connectivity index (χ0) is 15.9. The summed E-state index contributed by atoms with van der Waals surface area (Å²) < 4.78 is 0. The SMILES string of the molecule is O=C(CN1CCN(CCCc2ccccc2)CC1)N1CCCC1. The second-order valence-electron chi connectivity index (χ2n) is 6.79. The van der Waals surface area contributed by atoms with Crippen molar-refractivity contribution in [2.45, 2.75) is 25.7 Å². The van der Waals surface area contributed by atoms with Gasteiger partial charge in [0.05, 0.1) is 6.54 Å². The minimum Gasteiger partial charge on any atom is -0.342 e. The first-order chi connectivity index (χ1) is 11.3. The van der Waals surface area contributed by atoms with Gasteiger partial charge in [-0.1, -0.05) is 30.3 Å². The third-order valence-corrected chi connectivity index (χ3v) is 5.07. The van der Waals surface area contributed by atoms with Gasteiger partial charge in [0.15, 0.2) is 0 Å². The minimum atomic E-state index is 0.333. The third-order valence-electron chi connectivity index (χ3n) is 5.07. The van der Waals surface area contributed by atoms with E-state index in [-0.39, 0.29) is 0 Å². The Hall–Kier alpha value is -1.39. The molecular weight excluding hydrogens is 286 g/mol. The second kappa shape index (κ2) is 8.46. The van der Waals surface area contributed by atoms with Gasteiger partial charge in [-0.2, -0.15) is 0 Å². The van der Waals surface area contributed by atoms with Crippen molar-refractivity contribution in [3.63, 3.8) is 0 Å². The van der Waals surface area contributed by atoms with E-state index in [1.165, 1.54) is 31.4 Å². The summed E-state index contributed by atoms with van der Waals surface area (Å²) in [6.45, 7) is 8.00. The Morgan fingerprint density at radius 2 is 1.52 bits per heavy atom. The minimum absolute atomic E-state index is 0.333. The highest BCUT2D eigenvalue weighted by Gasteiger charge is 2.23. The summed E-state index contributed by atoms with van der Waals surface area (Å²) >= 11 is 0. The van der Waals surface area contributed by atoms with Crippen LogP contribution >= 0.6 is 0 Å². The quantitative estimate of drug-likeness (QED) is 0.802. The molecule has 0 atom stereocenters. The molecular formula is C19H29N3O. The zero-order valence-electron chi connectivity index (χ0n) is 14.1. The number of hydrogen-bond acceptors (Lipinski definition) is 3. The number of carbonyl (C=O) groups is 1. The van der Waals surface area contributed by atoms with Gasteiger partial charge in [0, 0.05) is 39.3 Å². The molecule has 4 nitrogen and oxygen atoms in total. The van der Waals surface area contributed by atoms with E-state index >= 15 is 0 Å². The van der Waals surface area contributed by atoms with Gasteiger partial charge >= 0.3 is 0 Å². The molecule has 2 saturated heterocycles. The van der Waals surface area contributed by atoms with Crippen LogP contribution in [0.15, 0.2) is 30.3 Å². The summed E-state index contributed by atoms with van der Waals surface area (Å²) in [4.78, 5) is 19.1. The van der Waals surface area contributed by atoms with Crippen LogP contribution in [0.3, 0.4) is 0 Å². The molecule has 3 rings (SSSR count). The van der Waals surface area contributed by atoms with Gasteiger partial charge < -0.3 is 9.80 Å². The number of nitrogens with zero attached hydrogens (tertiary/aromatic N) is 3. The van der Waals surface area contributed by atoms with Crippen molar-refractivity contribution < 1.29 is 4.79 Å². The fraction of sp³-hybridized carbons (Fsp3) is 0.632. The average Bonchev–Trinajstić information content (AvgIpc) is 3.12. The molecule has 1 amide bonds. The van der Waals surface area contributed by atoms with Crippen molar-refractivity contribution in [2.75, 3.05) is 52.4 Å². The number of benzene rings is 1. The van der Waals surface area contributed by atoms with E-state index < -0.39 is 0 Å². The molecule has 2 aliphatic heterocycles. The highest BCUT2D eigenvalue weighted by Crippen LogP contribution is 2.10. The molecule has 0 aliphatic carbocycles. The normalized spacial score (nSPS) is 20.1. The Balaban J connectivity index is 1.31.